The van der Waals surface area contributed by atoms with Gasteiger partial charge in [-0.1, -0.05) is 48.2 Å². The van der Waals surface area contributed by atoms with Gasteiger partial charge in [-0.15, -0.1) is 0 Å². The van der Waals surface area contributed by atoms with Gasteiger partial charge in [-0.3, -0.25) is 4.99 Å². The molecule has 3 rings (SSSR count). The van der Waals surface area contributed by atoms with Gasteiger partial charge in [-0.05, 0) is 25.0 Å². The SMILES string of the molecule is NC(=NCCc1nc(-c2cccc(Cl)c2)no1)NC1CCCCC1. The van der Waals surface area contributed by atoms with E-state index >= 15 is 0 Å². The van der Waals surface area contributed by atoms with Crippen molar-refractivity contribution in [1.29, 1.82) is 0 Å². The van der Waals surface area contributed by atoms with Crippen LogP contribution in [0.5, 0.6) is 0 Å². The molecule has 7 heteroatoms. The van der Waals surface area contributed by atoms with Crippen molar-refractivity contribution in [2.75, 3.05) is 6.54 Å². The molecule has 1 aromatic carbocycles. The molecule has 0 amide bonds. The molecule has 0 bridgehead atoms. The molecule has 1 aliphatic rings. The van der Waals surface area contributed by atoms with Gasteiger partial charge < -0.3 is 15.6 Å². The molecule has 1 aromatic heterocycles. The lowest BCUT2D eigenvalue weighted by Gasteiger charge is -2.23. The Balaban J connectivity index is 1.50. The summed E-state index contributed by atoms with van der Waals surface area (Å²) in [4.78, 5) is 8.71. The van der Waals surface area contributed by atoms with Crippen LogP contribution in [0.25, 0.3) is 11.4 Å². The molecule has 0 unspecified atom stereocenters. The molecule has 2 aromatic rings. The minimum absolute atomic E-state index is 0.459. The Bertz CT molecular complexity index is 694. The average molecular weight is 348 g/mol. The van der Waals surface area contributed by atoms with Crippen molar-refractivity contribution in [2.24, 2.45) is 10.7 Å². The minimum atomic E-state index is 0.459. The van der Waals surface area contributed by atoms with E-state index in [4.69, 9.17) is 21.9 Å². The van der Waals surface area contributed by atoms with Crippen LogP contribution in [-0.2, 0) is 6.42 Å². The van der Waals surface area contributed by atoms with Crippen LogP contribution in [0.3, 0.4) is 0 Å². The topological polar surface area (TPSA) is 89.3 Å². The average Bonchev–Trinajstić information content (AvgIpc) is 3.05. The summed E-state index contributed by atoms with van der Waals surface area (Å²) in [5.41, 5.74) is 6.77. The number of guanidine groups is 1. The van der Waals surface area contributed by atoms with E-state index in [9.17, 15) is 0 Å². The zero-order chi connectivity index (χ0) is 16.8. The predicted octanol–water partition coefficient (Wildman–Crippen LogP) is 3.17. The second-order valence-electron chi connectivity index (χ2n) is 6.02. The third kappa shape index (κ3) is 4.71. The van der Waals surface area contributed by atoms with Gasteiger partial charge in [0, 0.05) is 23.0 Å². The van der Waals surface area contributed by atoms with Crippen LogP contribution < -0.4 is 11.1 Å². The van der Waals surface area contributed by atoms with Gasteiger partial charge in [0.15, 0.2) is 5.96 Å². The third-order valence-electron chi connectivity index (χ3n) is 4.12. The van der Waals surface area contributed by atoms with E-state index in [1.165, 1.54) is 32.1 Å². The van der Waals surface area contributed by atoms with Crippen LogP contribution in [0, 0.1) is 0 Å². The zero-order valence-electron chi connectivity index (χ0n) is 13.5. The van der Waals surface area contributed by atoms with Crippen molar-refractivity contribution in [2.45, 2.75) is 44.6 Å². The maximum Gasteiger partial charge on any atom is 0.228 e. The van der Waals surface area contributed by atoms with Gasteiger partial charge >= 0.3 is 0 Å². The normalized spacial score (nSPS) is 16.3. The summed E-state index contributed by atoms with van der Waals surface area (Å²) in [5, 5.41) is 7.91. The van der Waals surface area contributed by atoms with Crippen LogP contribution in [0.15, 0.2) is 33.8 Å². The lowest BCUT2D eigenvalue weighted by atomic mass is 9.96. The maximum absolute atomic E-state index is 5.98. The minimum Gasteiger partial charge on any atom is -0.370 e. The lowest BCUT2D eigenvalue weighted by molar-refractivity contribution is 0.380. The summed E-state index contributed by atoms with van der Waals surface area (Å²) in [6.45, 7) is 0.517. The van der Waals surface area contributed by atoms with Crippen molar-refractivity contribution < 1.29 is 4.52 Å². The molecule has 0 radical (unpaired) electrons. The van der Waals surface area contributed by atoms with Crippen molar-refractivity contribution >= 4 is 17.6 Å². The highest BCUT2D eigenvalue weighted by molar-refractivity contribution is 6.30. The van der Waals surface area contributed by atoms with E-state index in [1.54, 1.807) is 6.07 Å². The number of hydrogen-bond acceptors (Lipinski definition) is 4. The van der Waals surface area contributed by atoms with Gasteiger partial charge in [-0.25, -0.2) is 0 Å². The second-order valence-corrected chi connectivity index (χ2v) is 6.45. The first-order valence-corrected chi connectivity index (χ1v) is 8.73. The number of nitrogens with one attached hydrogen (secondary N) is 1. The van der Waals surface area contributed by atoms with Gasteiger partial charge in [0.1, 0.15) is 0 Å². The molecule has 1 fully saturated rings. The summed E-state index contributed by atoms with van der Waals surface area (Å²) in [5.74, 6) is 1.57. The van der Waals surface area contributed by atoms with E-state index in [-0.39, 0.29) is 0 Å². The van der Waals surface area contributed by atoms with E-state index in [0.29, 0.717) is 41.7 Å². The third-order valence-corrected chi connectivity index (χ3v) is 4.35. The highest BCUT2D eigenvalue weighted by Crippen LogP contribution is 2.20. The number of aliphatic imine (C=N–C) groups is 1. The number of nitrogens with two attached hydrogens (primary N) is 1. The highest BCUT2D eigenvalue weighted by Gasteiger charge is 2.13. The molecule has 1 heterocycles. The van der Waals surface area contributed by atoms with E-state index < -0.39 is 0 Å². The van der Waals surface area contributed by atoms with Crippen molar-refractivity contribution in [3.05, 3.63) is 35.2 Å². The Morgan fingerprint density at radius 3 is 2.96 bits per heavy atom. The largest absolute Gasteiger partial charge is 0.370 e. The van der Waals surface area contributed by atoms with Gasteiger partial charge in [0.05, 0.1) is 6.54 Å². The smallest absolute Gasteiger partial charge is 0.228 e. The van der Waals surface area contributed by atoms with Crippen LogP contribution in [0.1, 0.15) is 38.0 Å². The Morgan fingerprint density at radius 1 is 1.33 bits per heavy atom. The van der Waals surface area contributed by atoms with Crippen molar-refractivity contribution in [3.8, 4) is 11.4 Å². The Hall–Kier alpha value is -2.08. The fraction of sp³-hybridized carbons (Fsp3) is 0.471. The maximum atomic E-state index is 5.98. The first-order chi connectivity index (χ1) is 11.7. The molecular weight excluding hydrogens is 326 g/mol. The number of hydrogen-bond donors (Lipinski definition) is 2. The fourth-order valence-corrected chi connectivity index (χ4v) is 3.07. The highest BCUT2D eigenvalue weighted by atomic mass is 35.5. The number of rotatable bonds is 5. The molecule has 3 N–H and O–H groups in total. The van der Waals surface area contributed by atoms with Crippen molar-refractivity contribution in [3.63, 3.8) is 0 Å². The molecule has 1 saturated carbocycles. The summed E-state index contributed by atoms with van der Waals surface area (Å²) in [7, 11) is 0. The van der Waals surface area contributed by atoms with E-state index in [1.807, 2.05) is 18.2 Å². The quantitative estimate of drug-likeness (QED) is 0.640. The first kappa shape index (κ1) is 16.8. The predicted molar refractivity (Wildman–Crippen MR) is 94.9 cm³/mol. The van der Waals surface area contributed by atoms with Crippen LogP contribution >= 0.6 is 11.6 Å². The first-order valence-electron chi connectivity index (χ1n) is 8.36. The van der Waals surface area contributed by atoms with Gasteiger partial charge in [-0.2, -0.15) is 4.98 Å². The summed E-state index contributed by atoms with van der Waals surface area (Å²) in [6.07, 6.45) is 6.74. The Labute approximate surface area is 146 Å². The zero-order valence-corrected chi connectivity index (χ0v) is 14.3. The number of aromatic nitrogens is 2. The molecule has 0 atom stereocenters. The standard InChI is InChI=1S/C17H22ClN5O/c18-13-6-4-5-12(11-13)16-22-15(24-23-16)9-10-20-17(19)21-14-7-2-1-3-8-14/h4-6,11,14H,1-3,7-10H2,(H3,19,20,21). The summed E-state index contributed by atoms with van der Waals surface area (Å²) in [6, 6.07) is 7.82. The van der Waals surface area contributed by atoms with E-state index in [2.05, 4.69) is 20.4 Å². The Morgan fingerprint density at radius 2 is 2.17 bits per heavy atom. The second kappa shape index (κ2) is 8.15. The summed E-state index contributed by atoms with van der Waals surface area (Å²) < 4.78 is 5.26. The van der Waals surface area contributed by atoms with Gasteiger partial charge in [0.2, 0.25) is 11.7 Å². The lowest BCUT2D eigenvalue weighted by Crippen LogP contribution is -2.41. The molecular formula is C17H22ClN5O. The molecule has 0 saturated heterocycles. The molecule has 24 heavy (non-hydrogen) atoms. The summed E-state index contributed by atoms with van der Waals surface area (Å²) >= 11 is 5.98. The number of benzene rings is 1. The van der Waals surface area contributed by atoms with Crippen LogP contribution in [0.2, 0.25) is 5.02 Å². The van der Waals surface area contributed by atoms with Crippen LogP contribution in [-0.4, -0.2) is 28.7 Å². The van der Waals surface area contributed by atoms with Crippen molar-refractivity contribution in [1.82, 2.24) is 15.5 Å². The van der Waals surface area contributed by atoms with E-state index in [0.717, 1.165) is 5.56 Å². The Kier molecular flexibility index (Phi) is 5.69. The molecule has 0 spiro atoms. The molecule has 1 aliphatic carbocycles. The van der Waals surface area contributed by atoms with Gasteiger partial charge in [0.25, 0.3) is 0 Å². The molecule has 0 aliphatic heterocycles. The molecule has 128 valence electrons. The van der Waals surface area contributed by atoms with Crippen LogP contribution in [0.4, 0.5) is 0 Å². The fourth-order valence-electron chi connectivity index (χ4n) is 2.87. The number of nitrogens with zero attached hydrogens (tertiary/aromatic N) is 3. The number of halogens is 1. The monoisotopic (exact) mass is 347 g/mol. The molecule has 6 nitrogen and oxygen atoms in total.